The summed E-state index contributed by atoms with van der Waals surface area (Å²) in [4.78, 5) is 19.7. The van der Waals surface area contributed by atoms with Gasteiger partial charge in [-0.15, -0.1) is 0 Å². The first kappa shape index (κ1) is 19.6. The molecule has 31 heavy (non-hydrogen) atoms. The third-order valence-electron chi connectivity index (χ3n) is 5.71. The van der Waals surface area contributed by atoms with Gasteiger partial charge in [0.1, 0.15) is 17.3 Å². The third-order valence-corrected chi connectivity index (χ3v) is 5.96. The molecule has 5 rings (SSSR count). The molecule has 5 nitrogen and oxygen atoms in total. The maximum atomic E-state index is 13.1. The minimum atomic E-state index is -0.176. The summed E-state index contributed by atoms with van der Waals surface area (Å²) in [5.41, 5.74) is 4.09. The fraction of sp³-hybridized carbons (Fsp3) is 0.200. The van der Waals surface area contributed by atoms with Crippen LogP contribution in [0.5, 0.6) is 5.75 Å². The molecular weight excluding hydrogens is 412 g/mol. The number of fused-ring (bicyclic) bond motifs is 1. The number of carbonyl (C=O) groups is 1. The molecule has 4 aromatic rings. The number of ether oxygens (including phenoxy) is 1. The smallest absolute Gasteiger partial charge is 0.254 e. The zero-order valence-electron chi connectivity index (χ0n) is 17.0. The second-order valence-electron chi connectivity index (χ2n) is 7.60. The van der Waals surface area contributed by atoms with Gasteiger partial charge in [0, 0.05) is 22.7 Å². The number of aromatic nitrogens is 1. The van der Waals surface area contributed by atoms with E-state index in [-0.39, 0.29) is 11.9 Å². The minimum Gasteiger partial charge on any atom is -0.496 e. The molecule has 2 heterocycles. The summed E-state index contributed by atoms with van der Waals surface area (Å²) in [6.45, 7) is 0.678. The number of carbonyl (C=O) groups excluding carboxylic acids is 1. The van der Waals surface area contributed by atoms with Gasteiger partial charge in [0.25, 0.3) is 5.91 Å². The van der Waals surface area contributed by atoms with Crippen LogP contribution >= 0.6 is 11.6 Å². The summed E-state index contributed by atoms with van der Waals surface area (Å²) in [5, 5.41) is 0.610. The van der Waals surface area contributed by atoms with Crippen LogP contribution in [0.25, 0.3) is 22.2 Å². The molecule has 0 saturated carbocycles. The molecule has 1 unspecified atom stereocenters. The van der Waals surface area contributed by atoms with Gasteiger partial charge in [-0.2, -0.15) is 0 Å². The summed E-state index contributed by atoms with van der Waals surface area (Å²) >= 11 is 5.96. The molecule has 1 aliphatic rings. The molecule has 1 aromatic heterocycles. The summed E-state index contributed by atoms with van der Waals surface area (Å²) in [5.74, 6) is 1.35. The number of amides is 1. The van der Waals surface area contributed by atoms with E-state index in [9.17, 15) is 4.79 Å². The van der Waals surface area contributed by atoms with Crippen molar-refractivity contribution in [1.29, 1.82) is 0 Å². The molecule has 156 valence electrons. The predicted molar refractivity (Wildman–Crippen MR) is 120 cm³/mol. The molecule has 1 aliphatic heterocycles. The summed E-state index contributed by atoms with van der Waals surface area (Å²) < 4.78 is 11.6. The number of methoxy groups -OCH3 is 1. The number of para-hydroxylation sites is 1. The van der Waals surface area contributed by atoms with Gasteiger partial charge in [0.2, 0.25) is 5.89 Å². The van der Waals surface area contributed by atoms with Crippen LogP contribution in [0.3, 0.4) is 0 Å². The molecule has 1 amide bonds. The molecule has 0 aliphatic carbocycles. The second-order valence-corrected chi connectivity index (χ2v) is 8.03. The minimum absolute atomic E-state index is 0.0314. The van der Waals surface area contributed by atoms with Gasteiger partial charge in [0.05, 0.1) is 7.11 Å². The van der Waals surface area contributed by atoms with Crippen LogP contribution in [-0.2, 0) is 0 Å². The monoisotopic (exact) mass is 432 g/mol. The van der Waals surface area contributed by atoms with Crippen molar-refractivity contribution in [3.05, 3.63) is 83.2 Å². The van der Waals surface area contributed by atoms with Crippen molar-refractivity contribution in [3.63, 3.8) is 0 Å². The molecule has 0 radical (unpaired) electrons. The fourth-order valence-electron chi connectivity index (χ4n) is 4.16. The Balaban J connectivity index is 1.47. The Morgan fingerprint density at radius 1 is 1.13 bits per heavy atom. The van der Waals surface area contributed by atoms with Crippen molar-refractivity contribution in [2.24, 2.45) is 0 Å². The second kappa shape index (κ2) is 8.08. The highest BCUT2D eigenvalue weighted by Crippen LogP contribution is 2.36. The van der Waals surface area contributed by atoms with Gasteiger partial charge in [0.15, 0.2) is 5.58 Å². The molecule has 1 saturated heterocycles. The Bertz CT molecular complexity index is 1250. The summed E-state index contributed by atoms with van der Waals surface area (Å²) in [7, 11) is 1.66. The van der Waals surface area contributed by atoms with Crippen molar-refractivity contribution in [2.75, 3.05) is 13.7 Å². The number of benzene rings is 3. The van der Waals surface area contributed by atoms with Gasteiger partial charge in [-0.25, -0.2) is 4.98 Å². The van der Waals surface area contributed by atoms with Crippen LogP contribution in [-0.4, -0.2) is 29.4 Å². The zero-order valence-corrected chi connectivity index (χ0v) is 17.8. The maximum Gasteiger partial charge on any atom is 0.254 e. The van der Waals surface area contributed by atoms with E-state index in [1.807, 2.05) is 47.4 Å². The van der Waals surface area contributed by atoms with Crippen LogP contribution in [0.1, 0.15) is 35.1 Å². The highest BCUT2D eigenvalue weighted by atomic mass is 35.5. The predicted octanol–water partition coefficient (Wildman–Crippen LogP) is 6.13. The van der Waals surface area contributed by atoms with E-state index in [4.69, 9.17) is 25.7 Å². The first-order valence-corrected chi connectivity index (χ1v) is 10.6. The lowest BCUT2D eigenvalue weighted by Crippen LogP contribution is -2.30. The van der Waals surface area contributed by atoms with Crippen LogP contribution in [0, 0.1) is 0 Å². The van der Waals surface area contributed by atoms with Crippen molar-refractivity contribution < 1.29 is 13.9 Å². The molecule has 0 N–H and O–H groups in total. The number of hydrogen-bond donors (Lipinski definition) is 0. The Morgan fingerprint density at radius 3 is 2.74 bits per heavy atom. The number of likely N-dealkylation sites (tertiary alicyclic amines) is 1. The van der Waals surface area contributed by atoms with E-state index in [0.29, 0.717) is 28.6 Å². The molecule has 1 atom stereocenters. The number of halogens is 1. The lowest BCUT2D eigenvalue weighted by molar-refractivity contribution is 0.0717. The number of oxazole rings is 1. The maximum absolute atomic E-state index is 13.1. The van der Waals surface area contributed by atoms with E-state index < -0.39 is 0 Å². The molecule has 3 aromatic carbocycles. The first-order valence-electron chi connectivity index (χ1n) is 10.2. The van der Waals surface area contributed by atoms with E-state index in [2.05, 4.69) is 0 Å². The van der Waals surface area contributed by atoms with Crippen molar-refractivity contribution >= 4 is 28.6 Å². The van der Waals surface area contributed by atoms with Gasteiger partial charge < -0.3 is 14.1 Å². The standard InChI is InChI=1S/C25H21ClN2O3/c1-30-22-7-3-2-5-19(22)17-10-13-23-20(15-17)27-24(31-23)21-6-4-14-28(21)25(29)16-8-11-18(26)12-9-16/h2-3,5,7-13,15,21H,4,6,14H2,1H3. The Labute approximate surface area is 185 Å². The Kier molecular flexibility index (Phi) is 5.12. The first-order chi connectivity index (χ1) is 15.1. The lowest BCUT2D eigenvalue weighted by Gasteiger charge is -2.22. The van der Waals surface area contributed by atoms with Crippen LogP contribution in [0.4, 0.5) is 0 Å². The van der Waals surface area contributed by atoms with Gasteiger partial charge in [-0.3, -0.25) is 4.79 Å². The van der Waals surface area contributed by atoms with E-state index >= 15 is 0 Å². The molecule has 1 fully saturated rings. The van der Waals surface area contributed by atoms with Gasteiger partial charge >= 0.3 is 0 Å². The van der Waals surface area contributed by atoms with Crippen LogP contribution < -0.4 is 4.74 Å². The summed E-state index contributed by atoms with van der Waals surface area (Å²) in [6, 6.07) is 20.6. The van der Waals surface area contributed by atoms with Crippen molar-refractivity contribution in [3.8, 4) is 16.9 Å². The topological polar surface area (TPSA) is 55.6 Å². The average Bonchev–Trinajstić information content (AvgIpc) is 3.45. The number of nitrogens with zero attached hydrogens (tertiary/aromatic N) is 2. The largest absolute Gasteiger partial charge is 0.496 e. The number of hydrogen-bond acceptors (Lipinski definition) is 4. The lowest BCUT2D eigenvalue weighted by atomic mass is 10.0. The van der Waals surface area contributed by atoms with Crippen LogP contribution in [0.15, 0.2) is 71.1 Å². The molecule has 0 bridgehead atoms. The Hall–Kier alpha value is -3.31. The highest BCUT2D eigenvalue weighted by molar-refractivity contribution is 6.30. The average molecular weight is 433 g/mol. The van der Waals surface area contributed by atoms with E-state index in [0.717, 1.165) is 35.2 Å². The van der Waals surface area contributed by atoms with Gasteiger partial charge in [-0.05, 0) is 60.9 Å². The van der Waals surface area contributed by atoms with Gasteiger partial charge in [-0.1, -0.05) is 35.9 Å². The van der Waals surface area contributed by atoms with E-state index in [1.54, 1.807) is 31.4 Å². The molecule has 0 spiro atoms. The van der Waals surface area contributed by atoms with Crippen LogP contribution in [0.2, 0.25) is 5.02 Å². The van der Waals surface area contributed by atoms with E-state index in [1.165, 1.54) is 0 Å². The fourth-order valence-corrected chi connectivity index (χ4v) is 4.29. The van der Waals surface area contributed by atoms with Crippen molar-refractivity contribution in [1.82, 2.24) is 9.88 Å². The van der Waals surface area contributed by atoms with Crippen molar-refractivity contribution in [2.45, 2.75) is 18.9 Å². The quantitative estimate of drug-likeness (QED) is 0.389. The SMILES string of the molecule is COc1ccccc1-c1ccc2oc(C3CCCN3C(=O)c3ccc(Cl)cc3)nc2c1. The Morgan fingerprint density at radius 2 is 1.94 bits per heavy atom. The normalized spacial score (nSPS) is 16.1. The highest BCUT2D eigenvalue weighted by Gasteiger charge is 2.34. The number of rotatable bonds is 4. The third kappa shape index (κ3) is 3.66. The summed E-state index contributed by atoms with van der Waals surface area (Å²) in [6.07, 6.45) is 1.74. The molecular formula is C25H21ClN2O3. The molecule has 6 heteroatoms. The zero-order chi connectivity index (χ0) is 21.4.